The summed E-state index contributed by atoms with van der Waals surface area (Å²) in [6.07, 6.45) is 10.2. The van der Waals surface area contributed by atoms with E-state index in [0.29, 0.717) is 6.54 Å². The highest BCUT2D eigenvalue weighted by Crippen LogP contribution is 2.40. The molecule has 2 aliphatic carbocycles. The van der Waals surface area contributed by atoms with Gasteiger partial charge < -0.3 is 5.32 Å². The highest BCUT2D eigenvalue weighted by Gasteiger charge is 2.32. The Morgan fingerprint density at radius 1 is 1.15 bits per heavy atom. The number of sulfonamides is 1. The summed E-state index contributed by atoms with van der Waals surface area (Å²) in [6, 6.07) is 0.719. The Labute approximate surface area is 124 Å². The zero-order valence-electron chi connectivity index (χ0n) is 12.8. The fourth-order valence-electron chi connectivity index (χ4n) is 3.13. The van der Waals surface area contributed by atoms with Crippen molar-refractivity contribution in [2.45, 2.75) is 70.8 Å². The average Bonchev–Trinajstić information content (AvgIpc) is 3.13. The van der Waals surface area contributed by atoms with Crippen LogP contribution in [0.15, 0.2) is 0 Å². The van der Waals surface area contributed by atoms with Crippen LogP contribution in [0.4, 0.5) is 0 Å². The molecule has 0 radical (unpaired) electrons. The topological polar surface area (TPSA) is 58.2 Å². The molecule has 4 nitrogen and oxygen atoms in total. The lowest BCUT2D eigenvalue weighted by molar-refractivity contribution is 0.285. The monoisotopic (exact) mass is 302 g/mol. The molecule has 2 aliphatic rings. The van der Waals surface area contributed by atoms with E-state index in [1.165, 1.54) is 38.5 Å². The first kappa shape index (κ1) is 16.2. The second-order valence-corrected chi connectivity index (χ2v) is 8.56. The molecule has 118 valence electrons. The van der Waals surface area contributed by atoms with Crippen molar-refractivity contribution in [1.29, 1.82) is 0 Å². The molecular formula is C15H30N2O2S. The summed E-state index contributed by atoms with van der Waals surface area (Å²) in [6.45, 7) is 3.79. The molecular weight excluding hydrogens is 272 g/mol. The first-order valence-electron chi connectivity index (χ1n) is 8.26. The molecule has 0 aliphatic heterocycles. The highest BCUT2D eigenvalue weighted by atomic mass is 32.2. The van der Waals surface area contributed by atoms with Gasteiger partial charge in [0.25, 0.3) is 0 Å². The molecule has 0 heterocycles. The standard InChI is InChI=1S/C15H30N2O2S/c1-2-15(9-3-4-10-15)13-17-20(18,19)12-6-5-11-16-14-7-8-14/h14,16-17H,2-13H2,1H3. The van der Waals surface area contributed by atoms with Crippen molar-refractivity contribution in [3.05, 3.63) is 0 Å². The SMILES string of the molecule is CCC1(CNS(=O)(=O)CCCCNC2CC2)CCCC1. The number of rotatable bonds is 10. The van der Waals surface area contributed by atoms with Crippen LogP contribution in [-0.4, -0.2) is 33.3 Å². The van der Waals surface area contributed by atoms with Crippen LogP contribution in [0.3, 0.4) is 0 Å². The first-order valence-corrected chi connectivity index (χ1v) is 9.91. The molecule has 5 heteroatoms. The van der Waals surface area contributed by atoms with Gasteiger partial charge in [0.1, 0.15) is 0 Å². The Kier molecular flexibility index (Phi) is 5.87. The van der Waals surface area contributed by atoms with Gasteiger partial charge in [-0.15, -0.1) is 0 Å². The van der Waals surface area contributed by atoms with E-state index in [-0.39, 0.29) is 11.2 Å². The van der Waals surface area contributed by atoms with Crippen LogP contribution in [0.25, 0.3) is 0 Å². The molecule has 0 aromatic rings. The predicted molar refractivity (Wildman–Crippen MR) is 83.2 cm³/mol. The van der Waals surface area contributed by atoms with Crippen molar-refractivity contribution in [2.24, 2.45) is 5.41 Å². The summed E-state index contributed by atoms with van der Waals surface area (Å²) < 4.78 is 26.9. The van der Waals surface area contributed by atoms with Crippen molar-refractivity contribution in [2.75, 3.05) is 18.8 Å². The van der Waals surface area contributed by atoms with Crippen LogP contribution < -0.4 is 10.0 Å². The van der Waals surface area contributed by atoms with Crippen molar-refractivity contribution >= 4 is 10.0 Å². The van der Waals surface area contributed by atoms with Crippen LogP contribution >= 0.6 is 0 Å². The van der Waals surface area contributed by atoms with Gasteiger partial charge in [0.2, 0.25) is 10.0 Å². The number of hydrogen-bond acceptors (Lipinski definition) is 3. The number of nitrogens with one attached hydrogen (secondary N) is 2. The number of hydrogen-bond donors (Lipinski definition) is 2. The quantitative estimate of drug-likeness (QED) is 0.609. The number of unbranched alkanes of at least 4 members (excludes halogenated alkanes) is 1. The normalized spacial score (nSPS) is 22.2. The summed E-state index contributed by atoms with van der Waals surface area (Å²) in [5.74, 6) is 0.277. The van der Waals surface area contributed by atoms with Crippen LogP contribution in [0, 0.1) is 5.41 Å². The molecule has 0 amide bonds. The van der Waals surface area contributed by atoms with E-state index in [2.05, 4.69) is 17.0 Å². The van der Waals surface area contributed by atoms with Gasteiger partial charge >= 0.3 is 0 Å². The van der Waals surface area contributed by atoms with Crippen molar-refractivity contribution in [3.8, 4) is 0 Å². The van der Waals surface area contributed by atoms with E-state index in [0.717, 1.165) is 31.8 Å². The van der Waals surface area contributed by atoms with Crippen molar-refractivity contribution in [1.82, 2.24) is 10.0 Å². The fraction of sp³-hybridized carbons (Fsp3) is 1.00. The Morgan fingerprint density at radius 2 is 1.85 bits per heavy atom. The van der Waals surface area contributed by atoms with Crippen LogP contribution in [0.5, 0.6) is 0 Å². The summed E-state index contributed by atoms with van der Waals surface area (Å²) in [7, 11) is -3.08. The minimum absolute atomic E-state index is 0.237. The summed E-state index contributed by atoms with van der Waals surface area (Å²) in [5.41, 5.74) is 0.237. The molecule has 2 saturated carbocycles. The summed E-state index contributed by atoms with van der Waals surface area (Å²) in [5, 5.41) is 3.42. The molecule has 0 atom stereocenters. The Balaban J connectivity index is 1.62. The molecule has 2 N–H and O–H groups in total. The van der Waals surface area contributed by atoms with E-state index in [4.69, 9.17) is 0 Å². The maximum absolute atomic E-state index is 12.0. The van der Waals surface area contributed by atoms with Crippen molar-refractivity contribution < 1.29 is 8.42 Å². The van der Waals surface area contributed by atoms with Crippen LogP contribution in [-0.2, 0) is 10.0 Å². The lowest BCUT2D eigenvalue weighted by Crippen LogP contribution is -2.37. The third-order valence-electron chi connectivity index (χ3n) is 4.93. The van der Waals surface area contributed by atoms with Crippen molar-refractivity contribution in [3.63, 3.8) is 0 Å². The zero-order valence-corrected chi connectivity index (χ0v) is 13.6. The van der Waals surface area contributed by atoms with Gasteiger partial charge in [-0.3, -0.25) is 0 Å². The van der Waals surface area contributed by atoms with E-state index in [1.807, 2.05) is 0 Å². The van der Waals surface area contributed by atoms with Gasteiger partial charge in [0.05, 0.1) is 5.75 Å². The zero-order chi connectivity index (χ0) is 14.5. The van der Waals surface area contributed by atoms with Crippen LogP contribution in [0.1, 0.15) is 64.7 Å². The van der Waals surface area contributed by atoms with Gasteiger partial charge in [-0.05, 0) is 56.9 Å². The molecule has 0 bridgehead atoms. The molecule has 0 unspecified atom stereocenters. The first-order chi connectivity index (χ1) is 9.55. The fourth-order valence-corrected chi connectivity index (χ4v) is 4.38. The lowest BCUT2D eigenvalue weighted by Gasteiger charge is -2.27. The molecule has 0 saturated heterocycles. The minimum Gasteiger partial charge on any atom is -0.314 e. The van der Waals surface area contributed by atoms with E-state index >= 15 is 0 Å². The van der Waals surface area contributed by atoms with Gasteiger partial charge in [-0.25, -0.2) is 13.1 Å². The molecule has 2 rings (SSSR count). The van der Waals surface area contributed by atoms with Gasteiger partial charge in [-0.2, -0.15) is 0 Å². The largest absolute Gasteiger partial charge is 0.314 e. The second kappa shape index (κ2) is 7.23. The smallest absolute Gasteiger partial charge is 0.211 e. The molecule has 2 fully saturated rings. The third-order valence-corrected chi connectivity index (χ3v) is 6.34. The average molecular weight is 302 g/mol. The third kappa shape index (κ3) is 5.34. The predicted octanol–water partition coefficient (Wildman–Crippen LogP) is 2.41. The van der Waals surface area contributed by atoms with Gasteiger partial charge in [0.15, 0.2) is 0 Å². The maximum Gasteiger partial charge on any atom is 0.211 e. The van der Waals surface area contributed by atoms with E-state index in [1.54, 1.807) is 0 Å². The second-order valence-electron chi connectivity index (χ2n) is 6.64. The molecule has 20 heavy (non-hydrogen) atoms. The molecule has 0 aromatic carbocycles. The van der Waals surface area contributed by atoms with Gasteiger partial charge in [-0.1, -0.05) is 19.8 Å². The summed E-state index contributed by atoms with van der Waals surface area (Å²) in [4.78, 5) is 0. The van der Waals surface area contributed by atoms with E-state index in [9.17, 15) is 8.42 Å². The molecule has 0 aromatic heterocycles. The highest BCUT2D eigenvalue weighted by molar-refractivity contribution is 7.89. The Morgan fingerprint density at radius 3 is 2.45 bits per heavy atom. The van der Waals surface area contributed by atoms with Crippen LogP contribution in [0.2, 0.25) is 0 Å². The van der Waals surface area contributed by atoms with Gasteiger partial charge in [0, 0.05) is 12.6 Å². The van der Waals surface area contributed by atoms with E-state index < -0.39 is 10.0 Å². The molecule has 0 spiro atoms. The Hall–Kier alpha value is -0.130. The maximum atomic E-state index is 12.0. The summed E-state index contributed by atoms with van der Waals surface area (Å²) >= 11 is 0. The lowest BCUT2D eigenvalue weighted by atomic mass is 9.84. The minimum atomic E-state index is -3.08. The Bertz CT molecular complexity index is 385.